The molecule has 0 fully saturated rings. The Labute approximate surface area is 403 Å². The van der Waals surface area contributed by atoms with E-state index in [1.165, 1.54) is 40.3 Å². The normalized spacial score (nSPS) is 10.5. The predicted octanol–water partition coefficient (Wildman–Crippen LogP) is 11.6. The van der Waals surface area contributed by atoms with Crippen molar-refractivity contribution < 1.29 is 0 Å². The van der Waals surface area contributed by atoms with Crippen molar-refractivity contribution in [1.29, 1.82) is 0 Å². The van der Waals surface area contributed by atoms with Gasteiger partial charge in [-0.1, -0.05) is 95.9 Å². The van der Waals surface area contributed by atoms with E-state index in [1.807, 2.05) is 0 Å². The van der Waals surface area contributed by atoms with Gasteiger partial charge in [0.25, 0.3) is 0 Å². The van der Waals surface area contributed by atoms with Crippen molar-refractivity contribution in [3.05, 3.63) is 239 Å². The fourth-order valence-corrected chi connectivity index (χ4v) is 13.8. The van der Waals surface area contributed by atoms with Crippen LogP contribution in [-0.2, 0) is 0 Å². The Kier molecular flexibility index (Phi) is 15.3. The zero-order chi connectivity index (χ0) is 44.9. The number of hydrogen-bond acceptors (Lipinski definition) is 4. The molecule has 8 aromatic rings. The van der Waals surface area contributed by atoms with Crippen LogP contribution in [0.3, 0.4) is 0 Å². The van der Waals surface area contributed by atoms with Crippen LogP contribution in [-0.4, -0.2) is 33.1 Å². The first-order valence-electron chi connectivity index (χ1n) is 21.0. The van der Waals surface area contributed by atoms with E-state index in [-0.39, 0.29) is 0 Å². The van der Waals surface area contributed by atoms with E-state index >= 15 is 0 Å². The van der Waals surface area contributed by atoms with Crippen LogP contribution in [0.15, 0.2) is 214 Å². The van der Waals surface area contributed by atoms with E-state index in [0.29, 0.717) is 0 Å². The molecule has 8 rings (SSSR count). The molecule has 0 aliphatic carbocycles. The predicted molar refractivity (Wildman–Crippen MR) is 287 cm³/mol. The van der Waals surface area contributed by atoms with E-state index in [4.69, 9.17) is 0 Å². The zero-order valence-electron chi connectivity index (χ0n) is 36.6. The van der Waals surface area contributed by atoms with Gasteiger partial charge < -0.3 is 0 Å². The Morgan fingerprint density at radius 1 is 0.215 bits per heavy atom. The summed E-state index contributed by atoms with van der Waals surface area (Å²) < 4.78 is 0. The van der Waals surface area contributed by atoms with Gasteiger partial charge >= 0.3 is 0 Å². The summed E-state index contributed by atoms with van der Waals surface area (Å²) in [5.74, 6) is 27.2. The number of rotatable bonds is 8. The summed E-state index contributed by atoms with van der Waals surface area (Å²) in [4.78, 5) is 4.90. The van der Waals surface area contributed by atoms with E-state index in [2.05, 4.69) is 267 Å². The van der Waals surface area contributed by atoms with Gasteiger partial charge in [0, 0.05) is 64.1 Å². The molecule has 0 spiro atoms. The second-order valence-corrected chi connectivity index (χ2v) is 22.3. The SMILES string of the molecule is CSc1ccc(C#Cc2ccc([Si](c3ccc(C#Cc4ccc(SC)cc4)cc3)(c3ccc(C#Cc4ccc(SC)cc4)cc3)c3ccc(C#Cc4ccc(SC)cc4)cc3)cc2)cc1. The molecule has 0 unspecified atom stereocenters. The molecule has 65 heavy (non-hydrogen) atoms. The molecule has 0 aliphatic rings. The molecule has 0 amide bonds. The van der Waals surface area contributed by atoms with Gasteiger partial charge in [0.1, 0.15) is 0 Å². The number of thioether (sulfide) groups is 4. The molecule has 0 aromatic heterocycles. The zero-order valence-corrected chi connectivity index (χ0v) is 40.9. The molecule has 0 heterocycles. The van der Waals surface area contributed by atoms with Crippen LogP contribution in [0.4, 0.5) is 0 Å². The Hall–Kier alpha value is -6.38. The largest absolute Gasteiger partial charge is 0.179 e. The first-order valence-corrected chi connectivity index (χ1v) is 27.9. The fraction of sp³-hybridized carbons (Fsp3) is 0.0667. The smallest absolute Gasteiger partial charge is 0.130 e. The summed E-state index contributed by atoms with van der Waals surface area (Å²) in [6, 6.07) is 69.4. The van der Waals surface area contributed by atoms with Crippen molar-refractivity contribution in [3.63, 3.8) is 0 Å². The summed E-state index contributed by atoms with van der Waals surface area (Å²) in [5.41, 5.74) is 7.85. The molecule has 0 N–H and O–H groups in total. The van der Waals surface area contributed by atoms with Crippen molar-refractivity contribution in [2.45, 2.75) is 19.6 Å². The topological polar surface area (TPSA) is 0 Å². The van der Waals surface area contributed by atoms with Crippen LogP contribution in [0.1, 0.15) is 44.5 Å². The second kappa shape index (κ2) is 22.0. The molecule has 312 valence electrons. The van der Waals surface area contributed by atoms with Gasteiger partial charge in [-0.25, -0.2) is 0 Å². The first-order chi connectivity index (χ1) is 31.9. The minimum Gasteiger partial charge on any atom is -0.130 e. The van der Waals surface area contributed by atoms with Gasteiger partial charge in [-0.2, -0.15) is 0 Å². The summed E-state index contributed by atoms with van der Waals surface area (Å²) in [7, 11) is -2.98. The van der Waals surface area contributed by atoms with Gasteiger partial charge in [0.2, 0.25) is 0 Å². The maximum Gasteiger partial charge on any atom is 0.179 e. The molecule has 0 aliphatic heterocycles. The quantitative estimate of drug-likeness (QED) is 0.0644. The van der Waals surface area contributed by atoms with E-state index < -0.39 is 8.07 Å². The second-order valence-electron chi connectivity index (χ2n) is 15.0. The maximum atomic E-state index is 3.43. The van der Waals surface area contributed by atoms with Gasteiger partial charge in [-0.3, -0.25) is 0 Å². The van der Waals surface area contributed by atoms with Gasteiger partial charge in [0.15, 0.2) is 8.07 Å². The van der Waals surface area contributed by atoms with Crippen LogP contribution in [0.5, 0.6) is 0 Å². The van der Waals surface area contributed by atoms with Crippen LogP contribution >= 0.6 is 47.0 Å². The average Bonchev–Trinajstić information content (AvgIpc) is 3.38. The fourth-order valence-electron chi connectivity index (χ4n) is 7.49. The maximum absolute atomic E-state index is 3.43. The third-order valence-electron chi connectivity index (χ3n) is 11.0. The van der Waals surface area contributed by atoms with E-state index in [1.54, 1.807) is 47.0 Å². The highest BCUT2D eigenvalue weighted by molar-refractivity contribution is 7.99. The number of hydrogen-bond donors (Lipinski definition) is 0. The van der Waals surface area contributed by atoms with Crippen molar-refractivity contribution in [3.8, 4) is 47.4 Å². The van der Waals surface area contributed by atoms with Gasteiger partial charge in [-0.05, 0) is 191 Å². The van der Waals surface area contributed by atoms with Crippen LogP contribution in [0.2, 0.25) is 0 Å². The molecule has 0 atom stereocenters. The minimum absolute atomic E-state index is 0.967. The molecule has 0 bridgehead atoms. The Morgan fingerprint density at radius 3 is 0.492 bits per heavy atom. The van der Waals surface area contributed by atoms with Crippen molar-refractivity contribution in [1.82, 2.24) is 0 Å². The molecule has 8 aromatic carbocycles. The number of benzene rings is 8. The Balaban J connectivity index is 1.24. The van der Waals surface area contributed by atoms with Crippen molar-refractivity contribution in [2.75, 3.05) is 25.0 Å². The molecule has 0 saturated carbocycles. The third-order valence-corrected chi connectivity index (χ3v) is 18.8. The molecule has 0 nitrogen and oxygen atoms in total. The van der Waals surface area contributed by atoms with Crippen LogP contribution in [0, 0.1) is 47.4 Å². The van der Waals surface area contributed by atoms with Gasteiger partial charge in [-0.15, -0.1) is 47.0 Å². The minimum atomic E-state index is -2.98. The summed E-state index contributed by atoms with van der Waals surface area (Å²) in [6.07, 6.45) is 8.36. The summed E-state index contributed by atoms with van der Waals surface area (Å²) in [5, 5.41) is 5.00. The average molecular weight is 921 g/mol. The van der Waals surface area contributed by atoms with E-state index in [0.717, 1.165) is 44.5 Å². The summed E-state index contributed by atoms with van der Waals surface area (Å²) >= 11 is 6.93. The summed E-state index contributed by atoms with van der Waals surface area (Å²) in [6.45, 7) is 0. The lowest BCUT2D eigenvalue weighted by Crippen LogP contribution is -2.74. The molecular formula is C60H44S4Si. The molecule has 0 saturated heterocycles. The molecular weight excluding hydrogens is 877 g/mol. The van der Waals surface area contributed by atoms with Crippen molar-refractivity contribution in [2.24, 2.45) is 0 Å². The lowest BCUT2D eigenvalue weighted by atomic mass is 10.2. The molecule has 5 heteroatoms. The Morgan fingerprint density at radius 2 is 0.354 bits per heavy atom. The highest BCUT2D eigenvalue weighted by Crippen LogP contribution is 2.19. The Bertz CT molecular complexity index is 2690. The lowest BCUT2D eigenvalue weighted by molar-refractivity contribution is 1.45. The lowest BCUT2D eigenvalue weighted by Gasteiger charge is -2.34. The molecule has 0 radical (unpaired) electrons. The van der Waals surface area contributed by atoms with E-state index in [9.17, 15) is 0 Å². The first kappa shape index (κ1) is 45.2. The third kappa shape index (κ3) is 11.3. The monoisotopic (exact) mass is 920 g/mol. The highest BCUT2D eigenvalue weighted by atomic mass is 32.2. The van der Waals surface area contributed by atoms with Crippen LogP contribution in [0.25, 0.3) is 0 Å². The van der Waals surface area contributed by atoms with Crippen molar-refractivity contribution >= 4 is 75.9 Å². The highest BCUT2D eigenvalue weighted by Gasteiger charge is 2.41. The van der Waals surface area contributed by atoms with Gasteiger partial charge in [0.05, 0.1) is 0 Å². The van der Waals surface area contributed by atoms with Crippen LogP contribution < -0.4 is 20.7 Å². The standard InChI is InChI=1S/C60H44S4Si/c1-61-53-29-13-45(14-30-53)5-9-49-21-37-57(38-22-49)65(58-39-23-50(24-40-58)10-6-46-15-31-54(62-2)32-16-46,59-41-25-51(26-42-59)11-7-47-17-33-55(63-3)34-18-47)60-43-27-52(28-44-60)12-8-48-19-35-56(64-4)36-20-48/h13-44H,1-4H3.